The van der Waals surface area contributed by atoms with E-state index in [1.165, 1.54) is 24.3 Å². The van der Waals surface area contributed by atoms with Gasteiger partial charge in [0.2, 0.25) is 0 Å². The summed E-state index contributed by atoms with van der Waals surface area (Å²) in [6.07, 6.45) is 10.3. The second-order valence-corrected chi connectivity index (χ2v) is 9.90. The van der Waals surface area contributed by atoms with Crippen molar-refractivity contribution in [3.63, 3.8) is 0 Å². The number of nitro groups is 1. The van der Waals surface area contributed by atoms with E-state index in [9.17, 15) is 19.5 Å². The lowest BCUT2D eigenvalue weighted by Crippen LogP contribution is -2.14. The zero-order valence-corrected chi connectivity index (χ0v) is 19.7. The second kappa shape index (κ2) is 12.5. The molecule has 0 bridgehead atoms. The Labute approximate surface area is 189 Å². The Bertz CT molecular complexity index is 919. The van der Waals surface area contributed by atoms with Crippen molar-refractivity contribution in [3.05, 3.63) is 70.3 Å². The minimum Gasteiger partial charge on any atom is -0.424 e. The lowest BCUT2D eigenvalue weighted by atomic mass is 10.1. The van der Waals surface area contributed by atoms with Gasteiger partial charge in [0.25, 0.3) is 5.69 Å². The van der Waals surface area contributed by atoms with E-state index in [2.05, 4.69) is 13.5 Å². The molecule has 174 valence electrons. The predicted octanol–water partition coefficient (Wildman–Crippen LogP) is 6.94. The number of carbonyl (C=O) groups is 1. The summed E-state index contributed by atoms with van der Waals surface area (Å²) in [5.41, 5.74) is 1.35. The van der Waals surface area contributed by atoms with E-state index >= 15 is 0 Å². The predicted molar refractivity (Wildman–Crippen MR) is 126 cm³/mol. The molecule has 1 unspecified atom stereocenters. The number of benzene rings is 1. The summed E-state index contributed by atoms with van der Waals surface area (Å²) >= 11 is 0. The van der Waals surface area contributed by atoms with Gasteiger partial charge in [-0.05, 0) is 37.5 Å². The number of allylic oxidation sites excluding steroid dienone is 4. The minimum atomic E-state index is -3.59. The van der Waals surface area contributed by atoms with Crippen LogP contribution in [0.15, 0.2) is 60.2 Å². The van der Waals surface area contributed by atoms with E-state index in [0.29, 0.717) is 18.4 Å². The molecule has 7 nitrogen and oxygen atoms in total. The van der Waals surface area contributed by atoms with E-state index < -0.39 is 18.6 Å². The van der Waals surface area contributed by atoms with Gasteiger partial charge in [0, 0.05) is 24.1 Å². The molecule has 2 rings (SSSR count). The van der Waals surface area contributed by atoms with Crippen LogP contribution in [-0.4, -0.2) is 23.0 Å². The Hall–Kier alpha value is -2.50. The summed E-state index contributed by atoms with van der Waals surface area (Å²) in [7, 11) is -3.59. The number of carbonyl (C=O) groups excluding carboxylic acids is 1. The number of hydrogen-bond donors (Lipinski definition) is 0. The van der Waals surface area contributed by atoms with Crippen molar-refractivity contribution in [3.8, 4) is 5.75 Å². The fourth-order valence-electron chi connectivity index (χ4n) is 3.54. The molecule has 1 aliphatic carbocycles. The number of non-ortho nitro benzene ring substituents is 1. The fourth-order valence-corrected chi connectivity index (χ4v) is 5.46. The van der Waals surface area contributed by atoms with Gasteiger partial charge in [-0.25, -0.2) is 4.57 Å². The molecular weight excluding hydrogens is 429 g/mol. The molecule has 0 radical (unpaired) electrons. The highest BCUT2D eigenvalue weighted by molar-refractivity contribution is 7.54. The van der Waals surface area contributed by atoms with Crippen LogP contribution in [0.25, 0.3) is 0 Å². The van der Waals surface area contributed by atoms with Crippen LogP contribution in [0.4, 0.5) is 5.69 Å². The van der Waals surface area contributed by atoms with Crippen molar-refractivity contribution in [2.24, 2.45) is 0 Å². The largest absolute Gasteiger partial charge is 0.424 e. The van der Waals surface area contributed by atoms with Crippen molar-refractivity contribution in [2.45, 2.75) is 64.9 Å². The van der Waals surface area contributed by atoms with Crippen molar-refractivity contribution < 1.29 is 23.3 Å². The number of unbranched alkanes of at least 4 members (excludes halogenated alkanes) is 4. The van der Waals surface area contributed by atoms with Crippen molar-refractivity contribution >= 4 is 19.1 Å². The zero-order valence-electron chi connectivity index (χ0n) is 18.8. The molecule has 0 saturated heterocycles. The molecule has 0 amide bonds. The molecule has 1 aromatic rings. The van der Waals surface area contributed by atoms with Crippen LogP contribution in [0.3, 0.4) is 0 Å². The van der Waals surface area contributed by atoms with Crippen LogP contribution in [0.1, 0.15) is 58.8 Å². The first-order valence-electron chi connectivity index (χ1n) is 11.0. The Kier molecular flexibility index (Phi) is 10.1. The molecule has 0 spiro atoms. The van der Waals surface area contributed by atoms with E-state index in [-0.39, 0.29) is 29.8 Å². The lowest BCUT2D eigenvalue weighted by molar-refractivity contribution is -0.384. The molecule has 8 heteroatoms. The highest BCUT2D eigenvalue weighted by Crippen LogP contribution is 2.52. The quantitative estimate of drug-likeness (QED) is 0.0978. The average Bonchev–Trinajstić information content (AvgIpc) is 3.01. The van der Waals surface area contributed by atoms with Crippen molar-refractivity contribution in [1.82, 2.24) is 0 Å². The third kappa shape index (κ3) is 7.57. The first-order chi connectivity index (χ1) is 15.3. The highest BCUT2D eigenvalue weighted by Gasteiger charge is 2.37. The van der Waals surface area contributed by atoms with Crippen LogP contribution in [0.5, 0.6) is 5.75 Å². The highest BCUT2D eigenvalue weighted by atomic mass is 31.2. The van der Waals surface area contributed by atoms with Crippen LogP contribution >= 0.6 is 7.60 Å². The number of hydrogen-bond acceptors (Lipinski definition) is 6. The third-order valence-electron chi connectivity index (χ3n) is 5.38. The SMILES string of the molecule is C=C/C=C\CC1=C(C)[C@@H](OP(=O)(CCCCCCC)Oc2ccc([N+](=O)[O-])cc2)CC1=O. The van der Waals surface area contributed by atoms with Gasteiger partial charge in [-0.3, -0.25) is 19.4 Å². The van der Waals surface area contributed by atoms with Gasteiger partial charge in [-0.2, -0.15) is 0 Å². The fraction of sp³-hybridized carbons (Fsp3) is 0.458. The van der Waals surface area contributed by atoms with Crippen molar-refractivity contribution in [2.75, 3.05) is 6.16 Å². The summed E-state index contributed by atoms with van der Waals surface area (Å²) in [5, 5.41) is 10.9. The number of nitrogens with zero attached hydrogens (tertiary/aromatic N) is 1. The first kappa shape index (κ1) is 25.8. The second-order valence-electron chi connectivity index (χ2n) is 7.84. The molecule has 0 heterocycles. The Morgan fingerprint density at radius 1 is 1.22 bits per heavy atom. The molecular formula is C24H32NO6P. The van der Waals surface area contributed by atoms with Gasteiger partial charge in [0.05, 0.1) is 17.2 Å². The molecule has 0 aromatic heterocycles. The third-order valence-corrected chi connectivity index (χ3v) is 7.30. The summed E-state index contributed by atoms with van der Waals surface area (Å²) < 4.78 is 25.4. The normalized spacial score (nSPS) is 18.2. The van der Waals surface area contributed by atoms with Gasteiger partial charge < -0.3 is 4.52 Å². The maximum absolute atomic E-state index is 13.7. The van der Waals surface area contributed by atoms with Crippen LogP contribution < -0.4 is 4.52 Å². The van der Waals surface area contributed by atoms with Gasteiger partial charge >= 0.3 is 7.60 Å². The summed E-state index contributed by atoms with van der Waals surface area (Å²) in [6, 6.07) is 5.43. The van der Waals surface area contributed by atoms with Crippen molar-refractivity contribution in [1.29, 1.82) is 0 Å². The molecule has 0 fully saturated rings. The Morgan fingerprint density at radius 3 is 2.53 bits per heavy atom. The molecule has 0 N–H and O–H groups in total. The van der Waals surface area contributed by atoms with Gasteiger partial charge in [-0.1, -0.05) is 57.4 Å². The van der Waals surface area contributed by atoms with E-state index in [1.54, 1.807) is 12.2 Å². The molecule has 0 aliphatic heterocycles. The smallest absolute Gasteiger partial charge is 0.379 e. The van der Waals surface area contributed by atoms with E-state index in [0.717, 1.165) is 31.3 Å². The summed E-state index contributed by atoms with van der Waals surface area (Å²) in [6.45, 7) is 7.57. The molecule has 32 heavy (non-hydrogen) atoms. The standard InChI is InChI=1S/C24H32NO6P/c1-4-6-8-9-11-17-32(29,30-21-15-13-20(14-16-21)25(27)28)31-24-18-23(26)22(19(24)3)12-10-7-5-2/h5,7,10,13-16,24H,2,4,6,8-9,11-12,17-18H2,1,3H3/b10-7-/t24-,32?/m0/s1. The molecule has 1 aliphatic rings. The Morgan fingerprint density at radius 2 is 1.91 bits per heavy atom. The van der Waals surface area contributed by atoms with Crippen LogP contribution in [0.2, 0.25) is 0 Å². The maximum Gasteiger partial charge on any atom is 0.379 e. The van der Waals surface area contributed by atoms with Gasteiger partial charge in [0.1, 0.15) is 5.75 Å². The average molecular weight is 461 g/mol. The van der Waals surface area contributed by atoms with E-state index in [1.807, 2.05) is 13.0 Å². The zero-order chi connectivity index (χ0) is 23.6. The summed E-state index contributed by atoms with van der Waals surface area (Å²) in [5.74, 6) is 0.221. The molecule has 0 saturated carbocycles. The van der Waals surface area contributed by atoms with Gasteiger partial charge in [0.15, 0.2) is 5.78 Å². The topological polar surface area (TPSA) is 95.7 Å². The van der Waals surface area contributed by atoms with Crippen LogP contribution in [-0.2, 0) is 13.9 Å². The number of nitro benzene ring substituents is 1. The maximum atomic E-state index is 13.7. The summed E-state index contributed by atoms with van der Waals surface area (Å²) in [4.78, 5) is 22.9. The minimum absolute atomic E-state index is 0.0222. The van der Waals surface area contributed by atoms with Crippen LogP contribution in [0, 0.1) is 10.1 Å². The van der Waals surface area contributed by atoms with E-state index in [4.69, 9.17) is 9.05 Å². The Balaban J connectivity index is 2.17. The van der Waals surface area contributed by atoms with Gasteiger partial charge in [-0.15, -0.1) is 0 Å². The lowest BCUT2D eigenvalue weighted by Gasteiger charge is -2.23. The first-order valence-corrected chi connectivity index (χ1v) is 12.7. The number of rotatable bonds is 14. The number of Topliss-reactive ketones (excluding diaryl/α,β-unsaturated/α-hetero) is 1. The monoisotopic (exact) mass is 461 g/mol. The number of ketones is 1. The molecule has 2 atom stereocenters. The molecule has 1 aromatic carbocycles.